The third-order valence-electron chi connectivity index (χ3n) is 5.73. The number of hydrogen-bond donors (Lipinski definition) is 1. The van der Waals surface area contributed by atoms with Crippen molar-refractivity contribution in [1.82, 2.24) is 15.0 Å². The lowest BCUT2D eigenvalue weighted by Gasteiger charge is -2.14. The molecule has 35 heavy (non-hydrogen) atoms. The standard InChI is InChI=1S/C29H37N5O/c1-7-9-11-21(3)12-13-22(10-8-2)18-31-29-25-16-23(17-27(35-6)28(25)32-20-33-29)26-15-14-24(19-30-26)34(4)5/h10-17,19-20H,7-9,18H2,1-6H3,(H,31,32,33)/b13-12-,21-11+,22-10-. The molecule has 0 unspecified atom stereocenters. The fraction of sp³-hybridized carbons (Fsp3) is 0.345. The van der Waals surface area contributed by atoms with Crippen LogP contribution >= 0.6 is 0 Å². The van der Waals surface area contributed by atoms with Gasteiger partial charge in [0.05, 0.1) is 24.7 Å². The lowest BCUT2D eigenvalue weighted by Crippen LogP contribution is -2.08. The number of fused-ring (bicyclic) bond motifs is 1. The number of allylic oxidation sites excluding steroid dienone is 4. The molecule has 0 saturated heterocycles. The Hall–Kier alpha value is -3.67. The third-order valence-corrected chi connectivity index (χ3v) is 5.73. The maximum Gasteiger partial charge on any atom is 0.145 e. The summed E-state index contributed by atoms with van der Waals surface area (Å²) in [5, 5.41) is 4.42. The molecule has 0 bridgehead atoms. The van der Waals surface area contributed by atoms with E-state index in [9.17, 15) is 0 Å². The third kappa shape index (κ3) is 6.92. The smallest absolute Gasteiger partial charge is 0.145 e. The van der Waals surface area contributed by atoms with Gasteiger partial charge in [0.2, 0.25) is 0 Å². The van der Waals surface area contributed by atoms with Gasteiger partial charge in [-0.3, -0.25) is 4.98 Å². The molecule has 0 aliphatic rings. The van der Waals surface area contributed by atoms with Gasteiger partial charge >= 0.3 is 0 Å². The Kier molecular flexibility index (Phi) is 9.41. The predicted octanol–water partition coefficient (Wildman–Crippen LogP) is 6.82. The molecular formula is C29H37N5O. The highest BCUT2D eigenvalue weighted by molar-refractivity contribution is 5.96. The fourth-order valence-electron chi connectivity index (χ4n) is 3.73. The van der Waals surface area contributed by atoms with Crippen LogP contribution in [0.15, 0.2) is 72.2 Å². The average molecular weight is 472 g/mol. The van der Waals surface area contributed by atoms with Gasteiger partial charge in [-0.05, 0) is 49.6 Å². The van der Waals surface area contributed by atoms with Gasteiger partial charge in [-0.25, -0.2) is 9.97 Å². The van der Waals surface area contributed by atoms with E-state index in [-0.39, 0.29) is 0 Å². The van der Waals surface area contributed by atoms with E-state index in [4.69, 9.17) is 4.74 Å². The molecule has 0 amide bonds. The van der Waals surface area contributed by atoms with E-state index >= 15 is 0 Å². The van der Waals surface area contributed by atoms with Gasteiger partial charge in [-0.1, -0.05) is 50.1 Å². The van der Waals surface area contributed by atoms with Crippen LogP contribution in [0.4, 0.5) is 11.5 Å². The summed E-state index contributed by atoms with van der Waals surface area (Å²) in [5.74, 6) is 1.47. The lowest BCUT2D eigenvalue weighted by atomic mass is 10.1. The first-order valence-corrected chi connectivity index (χ1v) is 12.2. The van der Waals surface area contributed by atoms with E-state index in [1.54, 1.807) is 13.4 Å². The minimum Gasteiger partial charge on any atom is -0.494 e. The minimum atomic E-state index is 0.667. The van der Waals surface area contributed by atoms with E-state index in [1.807, 2.05) is 37.3 Å². The molecule has 1 N–H and O–H groups in total. The van der Waals surface area contributed by atoms with E-state index < -0.39 is 0 Å². The molecule has 0 spiro atoms. The maximum absolute atomic E-state index is 5.68. The second-order valence-corrected chi connectivity index (χ2v) is 8.70. The average Bonchev–Trinajstić information content (AvgIpc) is 2.88. The van der Waals surface area contributed by atoms with E-state index in [2.05, 4.69) is 77.5 Å². The van der Waals surface area contributed by atoms with Crippen LogP contribution in [0.2, 0.25) is 0 Å². The quantitative estimate of drug-likeness (QED) is 0.310. The molecule has 0 saturated carbocycles. The number of hydrogen-bond acceptors (Lipinski definition) is 6. The summed E-state index contributed by atoms with van der Waals surface area (Å²) in [6.45, 7) is 7.16. The normalized spacial score (nSPS) is 12.4. The Bertz CT molecular complexity index is 1210. The Morgan fingerprint density at radius 1 is 1.06 bits per heavy atom. The van der Waals surface area contributed by atoms with Crippen LogP contribution in [0.1, 0.15) is 40.0 Å². The Labute approximate surface area is 209 Å². The highest BCUT2D eigenvalue weighted by atomic mass is 16.5. The monoisotopic (exact) mass is 471 g/mol. The number of ether oxygens (including phenoxy) is 1. The highest BCUT2D eigenvalue weighted by Crippen LogP contribution is 2.33. The minimum absolute atomic E-state index is 0.667. The Morgan fingerprint density at radius 2 is 1.89 bits per heavy atom. The molecule has 0 radical (unpaired) electrons. The van der Waals surface area contributed by atoms with Crippen LogP contribution in [-0.2, 0) is 0 Å². The number of nitrogens with one attached hydrogen (secondary N) is 1. The number of pyridine rings is 1. The van der Waals surface area contributed by atoms with Crippen molar-refractivity contribution in [1.29, 1.82) is 0 Å². The molecule has 0 aliphatic heterocycles. The number of methoxy groups -OCH3 is 1. The number of rotatable bonds is 11. The van der Waals surface area contributed by atoms with E-state index in [0.717, 1.165) is 52.9 Å². The number of benzene rings is 1. The number of aromatic nitrogens is 3. The summed E-state index contributed by atoms with van der Waals surface area (Å²) < 4.78 is 5.68. The molecule has 3 aromatic rings. The summed E-state index contributed by atoms with van der Waals surface area (Å²) in [7, 11) is 5.67. The van der Waals surface area contributed by atoms with Crippen LogP contribution < -0.4 is 15.0 Å². The zero-order valence-electron chi connectivity index (χ0n) is 21.8. The van der Waals surface area contributed by atoms with Crippen LogP contribution in [0, 0.1) is 0 Å². The second kappa shape index (κ2) is 12.7. The molecule has 0 atom stereocenters. The van der Waals surface area contributed by atoms with Crippen molar-refractivity contribution in [3.05, 3.63) is 72.2 Å². The SMILES string of the molecule is CC/C=C(/C=C\C(C)=C\CCC)CNc1ncnc2c(OC)cc(-c3ccc(N(C)C)cn3)cc12. The first-order valence-electron chi connectivity index (χ1n) is 12.2. The summed E-state index contributed by atoms with van der Waals surface area (Å²) in [6.07, 6.45) is 15.6. The van der Waals surface area contributed by atoms with Gasteiger partial charge in [0.15, 0.2) is 0 Å². The van der Waals surface area contributed by atoms with Crippen molar-refractivity contribution in [3.63, 3.8) is 0 Å². The number of nitrogens with zero attached hydrogens (tertiary/aromatic N) is 4. The van der Waals surface area contributed by atoms with Crippen LogP contribution in [0.3, 0.4) is 0 Å². The zero-order chi connectivity index (χ0) is 25.2. The topological polar surface area (TPSA) is 63.2 Å². The lowest BCUT2D eigenvalue weighted by molar-refractivity contribution is 0.419. The maximum atomic E-state index is 5.68. The highest BCUT2D eigenvalue weighted by Gasteiger charge is 2.13. The van der Waals surface area contributed by atoms with Gasteiger partial charge in [0.25, 0.3) is 0 Å². The van der Waals surface area contributed by atoms with Crippen molar-refractivity contribution in [2.45, 2.75) is 40.0 Å². The predicted molar refractivity (Wildman–Crippen MR) is 148 cm³/mol. The molecular weight excluding hydrogens is 434 g/mol. The van der Waals surface area contributed by atoms with Crippen LogP contribution in [-0.4, -0.2) is 42.7 Å². The van der Waals surface area contributed by atoms with Gasteiger partial charge in [0, 0.05) is 31.6 Å². The van der Waals surface area contributed by atoms with Gasteiger partial charge < -0.3 is 15.0 Å². The van der Waals surface area contributed by atoms with Crippen molar-refractivity contribution < 1.29 is 4.74 Å². The molecule has 6 nitrogen and oxygen atoms in total. The van der Waals surface area contributed by atoms with Gasteiger partial charge in [-0.2, -0.15) is 0 Å². The van der Waals surface area contributed by atoms with Crippen molar-refractivity contribution in [2.75, 3.05) is 38.0 Å². The molecule has 6 heteroatoms. The largest absolute Gasteiger partial charge is 0.494 e. The molecule has 2 heterocycles. The Morgan fingerprint density at radius 3 is 2.54 bits per heavy atom. The summed E-state index contributed by atoms with van der Waals surface area (Å²) >= 11 is 0. The zero-order valence-corrected chi connectivity index (χ0v) is 21.8. The second-order valence-electron chi connectivity index (χ2n) is 8.70. The number of anilines is 2. The summed E-state index contributed by atoms with van der Waals surface area (Å²) in [4.78, 5) is 15.7. The fourth-order valence-corrected chi connectivity index (χ4v) is 3.73. The van der Waals surface area contributed by atoms with Crippen molar-refractivity contribution in [3.8, 4) is 17.0 Å². The van der Waals surface area contributed by atoms with Crippen molar-refractivity contribution in [2.24, 2.45) is 0 Å². The van der Waals surface area contributed by atoms with Crippen LogP contribution in [0.5, 0.6) is 5.75 Å². The molecule has 3 rings (SSSR count). The van der Waals surface area contributed by atoms with Gasteiger partial charge in [0.1, 0.15) is 23.4 Å². The van der Waals surface area contributed by atoms with E-state index in [0.29, 0.717) is 12.3 Å². The molecule has 1 aromatic carbocycles. The number of unbranched alkanes of at least 4 members (excludes halogenated alkanes) is 1. The Balaban J connectivity index is 1.92. The molecule has 0 fully saturated rings. The van der Waals surface area contributed by atoms with E-state index in [1.165, 1.54) is 11.1 Å². The van der Waals surface area contributed by atoms with Gasteiger partial charge in [-0.15, -0.1) is 0 Å². The van der Waals surface area contributed by atoms with Crippen molar-refractivity contribution >= 4 is 22.4 Å². The molecule has 2 aromatic heterocycles. The summed E-state index contributed by atoms with van der Waals surface area (Å²) in [6, 6.07) is 8.14. The van der Waals surface area contributed by atoms with Crippen LogP contribution in [0.25, 0.3) is 22.2 Å². The summed E-state index contributed by atoms with van der Waals surface area (Å²) in [5.41, 5.74) is 6.15. The first kappa shape index (κ1) is 25.9. The molecule has 0 aliphatic carbocycles. The molecule has 184 valence electrons. The first-order chi connectivity index (χ1) is 17.0.